The van der Waals surface area contributed by atoms with Crippen molar-refractivity contribution in [2.24, 2.45) is 0 Å². The zero-order valence-corrected chi connectivity index (χ0v) is 11.5. The van der Waals surface area contributed by atoms with E-state index in [1.807, 2.05) is 6.92 Å². The third-order valence-corrected chi connectivity index (χ3v) is 3.63. The lowest BCUT2D eigenvalue weighted by molar-refractivity contribution is -0.246. The van der Waals surface area contributed by atoms with Gasteiger partial charge >= 0.3 is 0 Å². The molecule has 6 nitrogen and oxygen atoms in total. The van der Waals surface area contributed by atoms with Crippen LogP contribution in [-0.2, 0) is 28.5 Å². The Morgan fingerprint density at radius 3 is 2.63 bits per heavy atom. The van der Waals surface area contributed by atoms with Crippen LogP contribution in [0.2, 0.25) is 0 Å². The van der Waals surface area contributed by atoms with E-state index in [1.54, 1.807) is 13.8 Å². The zero-order valence-electron chi connectivity index (χ0n) is 11.5. The lowest BCUT2D eigenvalue weighted by Gasteiger charge is -2.38. The molecule has 1 spiro atoms. The number of fused-ring (bicyclic) bond motifs is 2. The number of ketones is 1. The summed E-state index contributed by atoms with van der Waals surface area (Å²) >= 11 is 0. The Labute approximate surface area is 111 Å². The highest BCUT2D eigenvalue weighted by molar-refractivity contribution is 6.08. The van der Waals surface area contributed by atoms with Crippen molar-refractivity contribution in [2.45, 2.75) is 50.7 Å². The average Bonchev–Trinajstić information content (AvgIpc) is 2.81. The van der Waals surface area contributed by atoms with E-state index in [1.165, 1.54) is 13.2 Å². The van der Waals surface area contributed by atoms with Gasteiger partial charge in [0.05, 0.1) is 6.61 Å². The van der Waals surface area contributed by atoms with Crippen LogP contribution in [0, 0.1) is 0 Å². The molecule has 3 aliphatic rings. The molecule has 2 unspecified atom stereocenters. The Morgan fingerprint density at radius 1 is 1.32 bits per heavy atom. The van der Waals surface area contributed by atoms with Crippen LogP contribution in [0.5, 0.6) is 0 Å². The van der Waals surface area contributed by atoms with Crippen molar-refractivity contribution in [1.82, 2.24) is 0 Å². The highest BCUT2D eigenvalue weighted by Crippen LogP contribution is 2.51. The summed E-state index contributed by atoms with van der Waals surface area (Å²) in [5.41, 5.74) is -1.20. The maximum atomic E-state index is 12.1. The molecule has 0 N–H and O–H groups in total. The number of methoxy groups -OCH3 is 1. The first-order valence-electron chi connectivity index (χ1n) is 6.40. The van der Waals surface area contributed by atoms with Crippen LogP contribution in [0.1, 0.15) is 20.8 Å². The molecule has 3 rings (SSSR count). The van der Waals surface area contributed by atoms with Crippen molar-refractivity contribution in [2.75, 3.05) is 13.7 Å². The minimum Gasteiger partial charge on any atom is -0.494 e. The van der Waals surface area contributed by atoms with Crippen LogP contribution < -0.4 is 0 Å². The van der Waals surface area contributed by atoms with Crippen molar-refractivity contribution in [3.63, 3.8) is 0 Å². The smallest absolute Gasteiger partial charge is 0.219 e. The number of carbonyl (C=O) groups excluding carboxylic acids is 1. The maximum Gasteiger partial charge on any atom is 0.219 e. The summed E-state index contributed by atoms with van der Waals surface area (Å²) in [6.07, 6.45) is -0.174. The Morgan fingerprint density at radius 2 is 2.05 bits per heavy atom. The zero-order chi connectivity index (χ0) is 13.8. The van der Waals surface area contributed by atoms with Crippen molar-refractivity contribution in [1.29, 1.82) is 0 Å². The minimum absolute atomic E-state index is 0.160. The van der Waals surface area contributed by atoms with Crippen LogP contribution in [-0.4, -0.2) is 49.4 Å². The summed E-state index contributed by atoms with van der Waals surface area (Å²) in [4.78, 5) is 12.1. The lowest BCUT2D eigenvalue weighted by atomic mass is 9.80. The van der Waals surface area contributed by atoms with Gasteiger partial charge in [-0.2, -0.15) is 0 Å². The molecular weight excluding hydrogens is 252 g/mol. The van der Waals surface area contributed by atoms with Crippen molar-refractivity contribution in [3.05, 3.63) is 11.8 Å². The van der Waals surface area contributed by atoms with Gasteiger partial charge in [-0.15, -0.1) is 0 Å². The Balaban J connectivity index is 1.95. The molecule has 19 heavy (non-hydrogen) atoms. The van der Waals surface area contributed by atoms with E-state index in [4.69, 9.17) is 23.7 Å². The number of ether oxygens (including phenoxy) is 5. The van der Waals surface area contributed by atoms with Gasteiger partial charge < -0.3 is 23.7 Å². The number of carbonyl (C=O) groups is 1. The molecule has 0 saturated carbocycles. The first-order chi connectivity index (χ1) is 8.94. The van der Waals surface area contributed by atoms with E-state index in [0.29, 0.717) is 12.4 Å². The summed E-state index contributed by atoms with van der Waals surface area (Å²) in [5.74, 6) is -0.432. The van der Waals surface area contributed by atoms with Gasteiger partial charge in [0.1, 0.15) is 18.0 Å². The van der Waals surface area contributed by atoms with E-state index in [0.717, 1.165) is 0 Å². The second-order valence-electron chi connectivity index (χ2n) is 5.28. The monoisotopic (exact) mass is 270 g/mol. The lowest BCUT2D eigenvalue weighted by Crippen LogP contribution is -2.57. The molecule has 6 heteroatoms. The predicted octanol–water partition coefficient (Wildman–Crippen LogP) is 0.751. The predicted molar refractivity (Wildman–Crippen MR) is 63.2 cm³/mol. The van der Waals surface area contributed by atoms with Gasteiger partial charge in [-0.05, 0) is 20.8 Å². The maximum absolute atomic E-state index is 12.1. The van der Waals surface area contributed by atoms with Gasteiger partial charge in [-0.25, -0.2) is 0 Å². The third-order valence-electron chi connectivity index (χ3n) is 3.63. The molecule has 0 aromatic heterocycles. The summed E-state index contributed by atoms with van der Waals surface area (Å²) in [5, 5.41) is 0. The largest absolute Gasteiger partial charge is 0.494 e. The summed E-state index contributed by atoms with van der Waals surface area (Å²) in [7, 11) is 1.52. The molecule has 0 bridgehead atoms. The molecule has 0 aromatic carbocycles. The first kappa shape index (κ1) is 13.1. The molecule has 2 saturated heterocycles. The van der Waals surface area contributed by atoms with Crippen molar-refractivity contribution >= 4 is 5.78 Å². The minimum atomic E-state index is -1.20. The van der Waals surface area contributed by atoms with E-state index >= 15 is 0 Å². The van der Waals surface area contributed by atoms with Crippen LogP contribution in [0.15, 0.2) is 11.8 Å². The van der Waals surface area contributed by atoms with Crippen molar-refractivity contribution < 1.29 is 28.5 Å². The Kier molecular flexibility index (Phi) is 2.76. The topological polar surface area (TPSA) is 63.2 Å². The molecule has 1 aliphatic carbocycles. The van der Waals surface area contributed by atoms with Crippen LogP contribution in [0.3, 0.4) is 0 Å². The third kappa shape index (κ3) is 1.61. The van der Waals surface area contributed by atoms with Gasteiger partial charge in [0, 0.05) is 13.2 Å². The van der Waals surface area contributed by atoms with E-state index in [9.17, 15) is 4.79 Å². The summed E-state index contributed by atoms with van der Waals surface area (Å²) < 4.78 is 28.1. The molecule has 0 amide bonds. The molecule has 4 atom stereocenters. The highest BCUT2D eigenvalue weighted by atomic mass is 16.8. The van der Waals surface area contributed by atoms with Gasteiger partial charge in [0.2, 0.25) is 11.4 Å². The Bertz CT molecular complexity index is 442. The van der Waals surface area contributed by atoms with Gasteiger partial charge in [0.25, 0.3) is 0 Å². The Hall–Kier alpha value is -0.950. The number of hydrogen-bond acceptors (Lipinski definition) is 6. The quantitative estimate of drug-likeness (QED) is 0.754. The summed E-state index contributed by atoms with van der Waals surface area (Å²) in [6.45, 7) is 5.93. The van der Waals surface area contributed by atoms with Gasteiger partial charge in [-0.1, -0.05) is 0 Å². The fourth-order valence-corrected chi connectivity index (χ4v) is 2.88. The van der Waals surface area contributed by atoms with Crippen molar-refractivity contribution in [3.8, 4) is 0 Å². The normalized spacial score (nSPS) is 43.1. The van der Waals surface area contributed by atoms with Crippen LogP contribution in [0.4, 0.5) is 0 Å². The fraction of sp³-hybridized carbons (Fsp3) is 0.769. The van der Waals surface area contributed by atoms with Crippen LogP contribution in [0.25, 0.3) is 0 Å². The SMILES string of the molecule is CCOC1=CC(=O)[C@@]12OC(OC)C1OC(C)(C)O[C@H]12. The number of hydrogen-bond donors (Lipinski definition) is 0. The first-order valence-corrected chi connectivity index (χ1v) is 6.40. The average molecular weight is 270 g/mol. The van der Waals surface area contributed by atoms with E-state index in [-0.39, 0.29) is 5.78 Å². The summed E-state index contributed by atoms with van der Waals surface area (Å²) in [6, 6.07) is 0. The molecule has 2 aliphatic heterocycles. The molecule has 0 aromatic rings. The van der Waals surface area contributed by atoms with Gasteiger partial charge in [-0.3, -0.25) is 4.79 Å². The van der Waals surface area contributed by atoms with Gasteiger partial charge in [0.15, 0.2) is 12.1 Å². The second kappa shape index (κ2) is 4.02. The molecule has 0 radical (unpaired) electrons. The second-order valence-corrected chi connectivity index (χ2v) is 5.28. The molecule has 2 fully saturated rings. The number of rotatable bonds is 3. The van der Waals surface area contributed by atoms with Crippen LogP contribution >= 0.6 is 0 Å². The molecule has 2 heterocycles. The molecule has 106 valence electrons. The van der Waals surface area contributed by atoms with E-state index in [2.05, 4.69) is 0 Å². The fourth-order valence-electron chi connectivity index (χ4n) is 2.88. The highest BCUT2D eigenvalue weighted by Gasteiger charge is 2.71. The molecular formula is C13H18O6. The standard InChI is InChI=1S/C13H18O6/c1-5-16-8-6-7(14)13(8)10-9(11(15-4)19-13)17-12(2,3)18-10/h6,9-11H,5H2,1-4H3/t9?,10-,11?,13-/m1/s1. The van der Waals surface area contributed by atoms with E-state index < -0.39 is 29.9 Å².